The van der Waals surface area contributed by atoms with Crippen LogP contribution >= 0.6 is 34.9 Å². The van der Waals surface area contributed by atoms with Crippen molar-refractivity contribution in [1.82, 2.24) is 10.2 Å². The van der Waals surface area contributed by atoms with Crippen LogP contribution in [0.1, 0.15) is 11.6 Å². The lowest BCUT2D eigenvalue weighted by atomic mass is 10.0. The molecular formula is C15H15N3S3. The zero-order chi connectivity index (χ0) is 14.7. The van der Waals surface area contributed by atoms with Gasteiger partial charge in [-0.25, -0.2) is 0 Å². The first kappa shape index (κ1) is 14.8. The SMILES string of the molecule is CSc1nnc(SCC(N)c2ccc3ccccc3c2)s1. The zero-order valence-corrected chi connectivity index (χ0v) is 14.0. The van der Waals surface area contributed by atoms with Crippen molar-refractivity contribution in [2.75, 3.05) is 12.0 Å². The van der Waals surface area contributed by atoms with E-state index >= 15 is 0 Å². The molecule has 0 saturated heterocycles. The van der Waals surface area contributed by atoms with Gasteiger partial charge in [0.05, 0.1) is 0 Å². The third kappa shape index (κ3) is 3.58. The molecule has 2 aromatic carbocycles. The highest BCUT2D eigenvalue weighted by molar-refractivity contribution is 8.02. The molecule has 0 spiro atoms. The van der Waals surface area contributed by atoms with Crippen LogP contribution in [0.4, 0.5) is 0 Å². The molecule has 1 unspecified atom stereocenters. The molecule has 1 atom stereocenters. The van der Waals surface area contributed by atoms with Crippen LogP contribution in [0.15, 0.2) is 51.1 Å². The Morgan fingerprint density at radius 2 is 1.86 bits per heavy atom. The fourth-order valence-corrected chi connectivity index (χ4v) is 4.49. The van der Waals surface area contributed by atoms with Crippen LogP contribution < -0.4 is 5.73 Å². The Morgan fingerprint density at radius 3 is 2.62 bits per heavy atom. The number of fused-ring (bicyclic) bond motifs is 1. The Bertz CT molecular complexity index is 742. The van der Waals surface area contributed by atoms with Crippen LogP contribution in [-0.2, 0) is 0 Å². The minimum atomic E-state index is 0.00114. The first-order chi connectivity index (χ1) is 10.3. The Morgan fingerprint density at radius 1 is 1.10 bits per heavy atom. The summed E-state index contributed by atoms with van der Waals surface area (Å²) in [6.45, 7) is 0. The molecule has 3 aromatic rings. The molecule has 0 aliphatic heterocycles. The molecule has 1 aromatic heterocycles. The maximum atomic E-state index is 6.30. The van der Waals surface area contributed by atoms with Crippen LogP contribution in [0, 0.1) is 0 Å². The third-order valence-corrected chi connectivity index (χ3v) is 6.30. The van der Waals surface area contributed by atoms with Crippen molar-refractivity contribution >= 4 is 45.6 Å². The predicted molar refractivity (Wildman–Crippen MR) is 93.3 cm³/mol. The van der Waals surface area contributed by atoms with Crippen LogP contribution in [-0.4, -0.2) is 22.2 Å². The largest absolute Gasteiger partial charge is 0.323 e. The Kier molecular flexibility index (Phi) is 4.80. The van der Waals surface area contributed by atoms with E-state index in [4.69, 9.17) is 5.73 Å². The number of aromatic nitrogens is 2. The molecule has 3 rings (SSSR count). The van der Waals surface area contributed by atoms with Crippen molar-refractivity contribution < 1.29 is 0 Å². The highest BCUT2D eigenvalue weighted by atomic mass is 32.2. The number of rotatable bonds is 5. The molecule has 1 heterocycles. The standard InChI is InChI=1S/C15H15N3S3/c1-19-14-17-18-15(21-14)20-9-13(16)12-7-6-10-4-2-3-5-11(10)8-12/h2-8,13H,9,16H2,1H3. The first-order valence-corrected chi connectivity index (χ1v) is 9.53. The lowest BCUT2D eigenvalue weighted by Crippen LogP contribution is -2.12. The fraction of sp³-hybridized carbons (Fsp3) is 0.200. The molecule has 21 heavy (non-hydrogen) atoms. The molecule has 6 heteroatoms. The molecule has 0 saturated carbocycles. The summed E-state index contributed by atoms with van der Waals surface area (Å²) in [7, 11) is 0. The maximum Gasteiger partial charge on any atom is 0.175 e. The van der Waals surface area contributed by atoms with E-state index in [0.717, 1.165) is 20.0 Å². The van der Waals surface area contributed by atoms with Gasteiger partial charge in [0.1, 0.15) is 0 Å². The smallest absolute Gasteiger partial charge is 0.175 e. The minimum Gasteiger partial charge on any atom is -0.323 e. The van der Waals surface area contributed by atoms with Gasteiger partial charge in [0.25, 0.3) is 0 Å². The van der Waals surface area contributed by atoms with Gasteiger partial charge in [-0.1, -0.05) is 71.3 Å². The molecule has 3 nitrogen and oxygen atoms in total. The number of hydrogen-bond acceptors (Lipinski definition) is 6. The summed E-state index contributed by atoms with van der Waals surface area (Å²) in [5, 5.41) is 10.7. The summed E-state index contributed by atoms with van der Waals surface area (Å²) in [5.41, 5.74) is 7.47. The highest BCUT2D eigenvalue weighted by Crippen LogP contribution is 2.30. The topological polar surface area (TPSA) is 51.8 Å². The van der Waals surface area contributed by atoms with Crippen molar-refractivity contribution in [1.29, 1.82) is 0 Å². The average Bonchev–Trinajstić information content (AvgIpc) is 3.00. The second-order valence-corrected chi connectivity index (χ2v) is 7.86. The average molecular weight is 334 g/mol. The second kappa shape index (κ2) is 6.79. The second-order valence-electron chi connectivity index (χ2n) is 4.56. The minimum absolute atomic E-state index is 0.00114. The molecule has 0 aliphatic carbocycles. The molecule has 0 radical (unpaired) electrons. The van der Waals surface area contributed by atoms with Gasteiger partial charge in [0.2, 0.25) is 0 Å². The molecule has 108 valence electrons. The Hall–Kier alpha value is -1.08. The van der Waals surface area contributed by atoms with E-state index < -0.39 is 0 Å². The summed E-state index contributed by atoms with van der Waals surface area (Å²) in [6.07, 6.45) is 2.01. The summed E-state index contributed by atoms with van der Waals surface area (Å²) >= 11 is 4.91. The van der Waals surface area contributed by atoms with Gasteiger partial charge in [-0.3, -0.25) is 0 Å². The van der Waals surface area contributed by atoms with Crippen LogP contribution in [0.2, 0.25) is 0 Å². The van der Waals surface area contributed by atoms with Crippen molar-refractivity contribution in [3.63, 3.8) is 0 Å². The van der Waals surface area contributed by atoms with Gasteiger partial charge < -0.3 is 5.73 Å². The van der Waals surface area contributed by atoms with Gasteiger partial charge in [-0.2, -0.15) is 0 Å². The lowest BCUT2D eigenvalue weighted by molar-refractivity contribution is 0.831. The van der Waals surface area contributed by atoms with Crippen LogP contribution in [0.3, 0.4) is 0 Å². The summed E-state index contributed by atoms with van der Waals surface area (Å²) < 4.78 is 1.98. The van der Waals surface area contributed by atoms with Crippen molar-refractivity contribution in [2.24, 2.45) is 5.73 Å². The van der Waals surface area contributed by atoms with Crippen molar-refractivity contribution in [3.8, 4) is 0 Å². The summed E-state index contributed by atoms with van der Waals surface area (Å²) in [6, 6.07) is 14.8. The number of nitrogens with zero attached hydrogens (tertiary/aromatic N) is 2. The molecule has 0 fully saturated rings. The quantitative estimate of drug-likeness (QED) is 0.709. The molecule has 0 aliphatic rings. The normalized spacial score (nSPS) is 12.7. The van der Waals surface area contributed by atoms with E-state index in [1.807, 2.05) is 6.26 Å². The van der Waals surface area contributed by atoms with Gasteiger partial charge >= 0.3 is 0 Å². The number of nitrogens with two attached hydrogens (primary N) is 1. The van der Waals surface area contributed by atoms with E-state index in [9.17, 15) is 0 Å². The monoisotopic (exact) mass is 333 g/mol. The van der Waals surface area contributed by atoms with E-state index in [2.05, 4.69) is 52.7 Å². The molecular weight excluding hydrogens is 318 g/mol. The van der Waals surface area contributed by atoms with E-state index in [0.29, 0.717) is 0 Å². The van der Waals surface area contributed by atoms with E-state index in [-0.39, 0.29) is 6.04 Å². The van der Waals surface area contributed by atoms with Crippen LogP contribution in [0.5, 0.6) is 0 Å². The Labute approximate surface area is 136 Å². The number of benzene rings is 2. The summed E-state index contributed by atoms with van der Waals surface area (Å²) in [5.74, 6) is 0.807. The predicted octanol–water partition coefficient (Wildman–Crippen LogP) is 4.21. The van der Waals surface area contributed by atoms with E-state index in [1.54, 1.807) is 34.9 Å². The zero-order valence-electron chi connectivity index (χ0n) is 11.5. The third-order valence-electron chi connectivity index (χ3n) is 3.15. The van der Waals surface area contributed by atoms with Gasteiger partial charge in [-0.15, -0.1) is 10.2 Å². The Balaban J connectivity index is 1.69. The highest BCUT2D eigenvalue weighted by Gasteiger charge is 2.10. The molecule has 0 amide bonds. The number of hydrogen-bond donors (Lipinski definition) is 1. The van der Waals surface area contributed by atoms with E-state index in [1.165, 1.54) is 10.8 Å². The first-order valence-electron chi connectivity index (χ1n) is 6.51. The number of thioether (sulfide) groups is 2. The van der Waals surface area contributed by atoms with Gasteiger partial charge in [0, 0.05) is 11.8 Å². The van der Waals surface area contributed by atoms with Gasteiger partial charge in [0.15, 0.2) is 8.68 Å². The maximum absolute atomic E-state index is 6.30. The van der Waals surface area contributed by atoms with Crippen molar-refractivity contribution in [2.45, 2.75) is 14.7 Å². The fourth-order valence-electron chi connectivity index (χ4n) is 2.03. The van der Waals surface area contributed by atoms with Crippen LogP contribution in [0.25, 0.3) is 10.8 Å². The lowest BCUT2D eigenvalue weighted by Gasteiger charge is -2.11. The molecule has 0 bridgehead atoms. The van der Waals surface area contributed by atoms with Gasteiger partial charge in [-0.05, 0) is 28.7 Å². The van der Waals surface area contributed by atoms with Crippen molar-refractivity contribution in [3.05, 3.63) is 48.0 Å². The molecule has 2 N–H and O–H groups in total. The summed E-state index contributed by atoms with van der Waals surface area (Å²) in [4.78, 5) is 0.